The fourth-order valence-corrected chi connectivity index (χ4v) is 2.94. The lowest BCUT2D eigenvalue weighted by Gasteiger charge is -2.24. The number of benzene rings is 1. The van der Waals surface area contributed by atoms with Gasteiger partial charge in [0, 0.05) is 25.6 Å². The van der Waals surface area contributed by atoms with Crippen LogP contribution in [0.15, 0.2) is 24.3 Å². The summed E-state index contributed by atoms with van der Waals surface area (Å²) < 4.78 is 5.29. The van der Waals surface area contributed by atoms with E-state index in [2.05, 4.69) is 0 Å². The van der Waals surface area contributed by atoms with E-state index in [1.165, 1.54) is 0 Å². The van der Waals surface area contributed by atoms with Crippen molar-refractivity contribution in [2.45, 2.75) is 31.7 Å². The molecule has 126 valence electrons. The first-order valence-electron chi connectivity index (χ1n) is 7.89. The monoisotopic (exact) mass is 320 g/mol. The van der Waals surface area contributed by atoms with Crippen LogP contribution in [0.3, 0.4) is 0 Å². The number of hydrogen-bond acceptors (Lipinski definition) is 4. The Morgan fingerprint density at radius 2 is 2.04 bits per heavy atom. The third kappa shape index (κ3) is 4.69. The van der Waals surface area contributed by atoms with Crippen LogP contribution in [-0.2, 0) is 16.0 Å². The number of likely N-dealkylation sites (tertiary alicyclic amines) is 1. The van der Waals surface area contributed by atoms with Gasteiger partial charge in [0.25, 0.3) is 0 Å². The van der Waals surface area contributed by atoms with Crippen LogP contribution in [0.25, 0.3) is 0 Å². The summed E-state index contributed by atoms with van der Waals surface area (Å²) >= 11 is 0. The zero-order valence-corrected chi connectivity index (χ0v) is 13.4. The van der Waals surface area contributed by atoms with Crippen LogP contribution in [-0.4, -0.2) is 48.1 Å². The highest BCUT2D eigenvalue weighted by Gasteiger charge is 2.29. The number of rotatable bonds is 5. The molecule has 1 amide bonds. The Labute approximate surface area is 136 Å². The van der Waals surface area contributed by atoms with E-state index in [9.17, 15) is 14.7 Å². The highest BCUT2D eigenvalue weighted by atomic mass is 16.5. The third-order valence-corrected chi connectivity index (χ3v) is 4.28. The number of carbonyl (C=O) groups is 2. The van der Waals surface area contributed by atoms with Gasteiger partial charge < -0.3 is 20.5 Å². The first-order chi connectivity index (χ1) is 11.0. The average molecular weight is 320 g/mol. The second-order valence-corrected chi connectivity index (χ2v) is 5.98. The van der Waals surface area contributed by atoms with Gasteiger partial charge in [-0.3, -0.25) is 9.59 Å². The van der Waals surface area contributed by atoms with Gasteiger partial charge in [-0.05, 0) is 30.9 Å². The molecule has 1 aromatic rings. The van der Waals surface area contributed by atoms with E-state index in [0.29, 0.717) is 32.2 Å². The smallest absolute Gasteiger partial charge is 0.308 e. The molecular formula is C17H24N2O4. The molecule has 0 bridgehead atoms. The number of methoxy groups -OCH3 is 1. The number of aliphatic carboxylic acids is 1. The molecule has 0 aliphatic carbocycles. The molecule has 3 N–H and O–H groups in total. The van der Waals surface area contributed by atoms with Crippen molar-refractivity contribution in [2.24, 2.45) is 11.7 Å². The molecular weight excluding hydrogens is 296 g/mol. The summed E-state index contributed by atoms with van der Waals surface area (Å²) in [6.45, 7) is 0.669. The van der Waals surface area contributed by atoms with Crippen molar-refractivity contribution in [3.63, 3.8) is 0 Å². The fraction of sp³-hybridized carbons (Fsp3) is 0.529. The average Bonchev–Trinajstić information content (AvgIpc) is 2.75. The SMILES string of the molecule is COc1ccccc1CCC(=O)N1C[C@H](N)CC[C@H](C(=O)O)C1. The largest absolute Gasteiger partial charge is 0.496 e. The Balaban J connectivity index is 1.99. The molecule has 6 heteroatoms. The minimum atomic E-state index is -0.860. The van der Waals surface area contributed by atoms with Gasteiger partial charge in [0.05, 0.1) is 13.0 Å². The number of nitrogens with zero attached hydrogens (tertiary/aromatic N) is 1. The predicted octanol–water partition coefficient (Wildman–Crippen LogP) is 1.28. The van der Waals surface area contributed by atoms with Gasteiger partial charge >= 0.3 is 5.97 Å². The number of para-hydroxylation sites is 1. The molecule has 1 aliphatic heterocycles. The molecule has 23 heavy (non-hydrogen) atoms. The standard InChI is InChI=1S/C17H24N2O4/c1-23-15-5-3-2-4-12(15)7-9-16(20)19-10-13(17(21)22)6-8-14(18)11-19/h2-5,13-14H,6-11,18H2,1H3,(H,21,22)/t13-,14+/m0/s1. The molecule has 0 aromatic heterocycles. The minimum absolute atomic E-state index is 0.0560. The Hall–Kier alpha value is -2.08. The van der Waals surface area contributed by atoms with E-state index in [1.54, 1.807) is 12.0 Å². The van der Waals surface area contributed by atoms with Crippen LogP contribution in [0.2, 0.25) is 0 Å². The quantitative estimate of drug-likeness (QED) is 0.852. The second-order valence-electron chi connectivity index (χ2n) is 5.98. The molecule has 1 aromatic carbocycles. The van der Waals surface area contributed by atoms with Crippen molar-refractivity contribution in [1.29, 1.82) is 0 Å². The summed E-state index contributed by atoms with van der Waals surface area (Å²) in [7, 11) is 1.60. The number of carbonyl (C=O) groups excluding carboxylic acids is 1. The lowest BCUT2D eigenvalue weighted by molar-refractivity contribution is -0.143. The van der Waals surface area contributed by atoms with E-state index >= 15 is 0 Å². The lowest BCUT2D eigenvalue weighted by Crippen LogP contribution is -2.41. The zero-order valence-electron chi connectivity index (χ0n) is 13.4. The maximum atomic E-state index is 12.5. The van der Waals surface area contributed by atoms with Crippen LogP contribution < -0.4 is 10.5 Å². The first-order valence-corrected chi connectivity index (χ1v) is 7.89. The topological polar surface area (TPSA) is 92.9 Å². The van der Waals surface area contributed by atoms with Gasteiger partial charge in [-0.2, -0.15) is 0 Å². The minimum Gasteiger partial charge on any atom is -0.496 e. The predicted molar refractivity (Wildman–Crippen MR) is 86.2 cm³/mol. The Morgan fingerprint density at radius 1 is 1.30 bits per heavy atom. The van der Waals surface area contributed by atoms with E-state index in [-0.39, 0.29) is 18.5 Å². The number of carboxylic acid groups (broad SMARTS) is 1. The maximum Gasteiger partial charge on any atom is 0.308 e. The fourth-order valence-electron chi connectivity index (χ4n) is 2.94. The van der Waals surface area contributed by atoms with Crippen LogP contribution in [0, 0.1) is 5.92 Å². The molecule has 6 nitrogen and oxygen atoms in total. The summed E-state index contributed by atoms with van der Waals surface area (Å²) in [6, 6.07) is 7.43. The summed E-state index contributed by atoms with van der Waals surface area (Å²) in [5.74, 6) is -0.684. The van der Waals surface area contributed by atoms with E-state index in [4.69, 9.17) is 10.5 Å². The van der Waals surface area contributed by atoms with Gasteiger partial charge in [0.15, 0.2) is 0 Å². The van der Waals surface area contributed by atoms with E-state index in [1.807, 2.05) is 24.3 Å². The normalized spacial score (nSPS) is 21.6. The molecule has 2 atom stereocenters. The molecule has 0 spiro atoms. The molecule has 2 rings (SSSR count). The number of aryl methyl sites for hydroxylation is 1. The van der Waals surface area contributed by atoms with Crippen molar-refractivity contribution in [2.75, 3.05) is 20.2 Å². The van der Waals surface area contributed by atoms with Crippen LogP contribution in [0.5, 0.6) is 5.75 Å². The summed E-state index contributed by atoms with van der Waals surface area (Å²) in [5.41, 5.74) is 6.94. The molecule has 0 radical (unpaired) electrons. The first kappa shape index (κ1) is 17.3. The van der Waals surface area contributed by atoms with E-state index < -0.39 is 11.9 Å². The van der Waals surface area contributed by atoms with Crippen molar-refractivity contribution >= 4 is 11.9 Å². The van der Waals surface area contributed by atoms with Crippen molar-refractivity contribution in [1.82, 2.24) is 4.90 Å². The number of nitrogens with two attached hydrogens (primary N) is 1. The third-order valence-electron chi connectivity index (χ3n) is 4.28. The van der Waals surface area contributed by atoms with Crippen LogP contribution >= 0.6 is 0 Å². The Bertz CT molecular complexity index is 561. The summed E-state index contributed by atoms with van der Waals surface area (Å²) in [5, 5.41) is 9.23. The maximum absolute atomic E-state index is 12.5. The summed E-state index contributed by atoms with van der Waals surface area (Å²) in [4.78, 5) is 25.3. The molecule has 0 unspecified atom stereocenters. The van der Waals surface area contributed by atoms with Gasteiger partial charge in [-0.15, -0.1) is 0 Å². The number of carboxylic acids is 1. The molecule has 0 saturated carbocycles. The Kier molecular flexibility index (Phi) is 5.98. The van der Waals surface area contributed by atoms with Gasteiger partial charge in [-0.1, -0.05) is 18.2 Å². The van der Waals surface area contributed by atoms with Crippen molar-refractivity contribution in [3.8, 4) is 5.75 Å². The molecule has 1 heterocycles. The van der Waals surface area contributed by atoms with Gasteiger partial charge in [0.2, 0.25) is 5.91 Å². The van der Waals surface area contributed by atoms with Crippen molar-refractivity contribution < 1.29 is 19.4 Å². The highest BCUT2D eigenvalue weighted by Crippen LogP contribution is 2.21. The van der Waals surface area contributed by atoms with Crippen molar-refractivity contribution in [3.05, 3.63) is 29.8 Å². The van der Waals surface area contributed by atoms with Crippen LogP contribution in [0.4, 0.5) is 0 Å². The van der Waals surface area contributed by atoms with Crippen LogP contribution in [0.1, 0.15) is 24.8 Å². The van der Waals surface area contributed by atoms with Gasteiger partial charge in [0.1, 0.15) is 5.75 Å². The number of ether oxygens (including phenoxy) is 1. The number of hydrogen-bond donors (Lipinski definition) is 2. The van der Waals surface area contributed by atoms with E-state index in [0.717, 1.165) is 11.3 Å². The number of amides is 1. The molecule has 1 saturated heterocycles. The molecule has 1 aliphatic rings. The van der Waals surface area contributed by atoms with Gasteiger partial charge in [-0.25, -0.2) is 0 Å². The second kappa shape index (κ2) is 7.97. The summed E-state index contributed by atoms with van der Waals surface area (Å²) in [6.07, 6.45) is 2.03. The lowest BCUT2D eigenvalue weighted by atomic mass is 10.0. The Morgan fingerprint density at radius 3 is 2.74 bits per heavy atom. The highest BCUT2D eigenvalue weighted by molar-refractivity contribution is 5.78. The molecule has 1 fully saturated rings. The zero-order chi connectivity index (χ0) is 16.8.